The number of rotatable bonds is 1. The van der Waals surface area contributed by atoms with Gasteiger partial charge in [0.05, 0.1) is 12.5 Å². The van der Waals surface area contributed by atoms with Crippen molar-refractivity contribution in [3.63, 3.8) is 0 Å². The Morgan fingerprint density at radius 2 is 2.00 bits per heavy atom. The Labute approximate surface area is 101 Å². The van der Waals surface area contributed by atoms with Crippen LogP contribution in [-0.4, -0.2) is 12.4 Å². The van der Waals surface area contributed by atoms with Crippen LogP contribution in [0.5, 0.6) is 0 Å². The molecule has 88 valence electrons. The van der Waals surface area contributed by atoms with Gasteiger partial charge in [-0.3, -0.25) is 4.79 Å². The summed E-state index contributed by atoms with van der Waals surface area (Å²) in [7, 11) is 0. The van der Waals surface area contributed by atoms with Gasteiger partial charge >= 0.3 is 0 Å². The highest BCUT2D eigenvalue weighted by Gasteiger charge is 2.43. The highest BCUT2D eigenvalue weighted by molar-refractivity contribution is 5.99. The summed E-state index contributed by atoms with van der Waals surface area (Å²) < 4.78 is 5.63. The summed E-state index contributed by atoms with van der Waals surface area (Å²) in [5, 5.41) is 0. The van der Waals surface area contributed by atoms with Crippen LogP contribution in [0.15, 0.2) is 42.2 Å². The first kappa shape index (κ1) is 10.6. The van der Waals surface area contributed by atoms with Crippen LogP contribution in [-0.2, 0) is 9.53 Å². The lowest BCUT2D eigenvalue weighted by Gasteiger charge is -2.32. The van der Waals surface area contributed by atoms with Gasteiger partial charge in [0.25, 0.3) is 0 Å². The zero-order chi connectivity index (χ0) is 11.8. The molecule has 1 heterocycles. The molecular weight excluding hydrogens is 212 g/mol. The second-order valence-corrected chi connectivity index (χ2v) is 4.98. The van der Waals surface area contributed by atoms with Crippen LogP contribution in [0.1, 0.15) is 24.8 Å². The van der Waals surface area contributed by atoms with E-state index in [1.807, 2.05) is 30.3 Å². The number of ketones is 1. The maximum Gasteiger partial charge on any atom is 0.167 e. The third-order valence-corrected chi connectivity index (χ3v) is 3.89. The number of carbonyl (C=O) groups is 1. The van der Waals surface area contributed by atoms with Crippen molar-refractivity contribution in [2.45, 2.75) is 19.3 Å². The van der Waals surface area contributed by atoms with Crippen molar-refractivity contribution in [2.24, 2.45) is 11.8 Å². The lowest BCUT2D eigenvalue weighted by Crippen LogP contribution is -2.27. The van der Waals surface area contributed by atoms with E-state index in [1.54, 1.807) is 6.08 Å². The molecule has 1 aliphatic heterocycles. The van der Waals surface area contributed by atoms with E-state index in [1.165, 1.54) is 0 Å². The van der Waals surface area contributed by atoms with Crippen LogP contribution < -0.4 is 0 Å². The van der Waals surface area contributed by atoms with Crippen molar-refractivity contribution in [1.29, 1.82) is 0 Å². The molecule has 0 radical (unpaired) electrons. The minimum Gasteiger partial charge on any atom is -0.497 e. The van der Waals surface area contributed by atoms with Gasteiger partial charge in [-0.2, -0.15) is 0 Å². The van der Waals surface area contributed by atoms with Crippen molar-refractivity contribution < 1.29 is 9.53 Å². The fourth-order valence-electron chi connectivity index (χ4n) is 2.99. The second-order valence-electron chi connectivity index (χ2n) is 4.98. The van der Waals surface area contributed by atoms with E-state index in [9.17, 15) is 4.79 Å². The van der Waals surface area contributed by atoms with Crippen molar-refractivity contribution in [3.05, 3.63) is 47.7 Å². The van der Waals surface area contributed by atoms with E-state index in [-0.39, 0.29) is 17.6 Å². The van der Waals surface area contributed by atoms with Gasteiger partial charge in [0.1, 0.15) is 5.76 Å². The highest BCUT2D eigenvalue weighted by Crippen LogP contribution is 2.45. The Balaban J connectivity index is 1.98. The van der Waals surface area contributed by atoms with Crippen molar-refractivity contribution in [3.8, 4) is 0 Å². The van der Waals surface area contributed by atoms with E-state index in [4.69, 9.17) is 4.74 Å². The average Bonchev–Trinajstić information content (AvgIpc) is 2.68. The van der Waals surface area contributed by atoms with E-state index in [0.717, 1.165) is 24.4 Å². The van der Waals surface area contributed by atoms with Crippen LogP contribution >= 0.6 is 0 Å². The third kappa shape index (κ3) is 1.68. The molecule has 1 aliphatic carbocycles. The lowest BCUT2D eigenvalue weighted by molar-refractivity contribution is -0.116. The van der Waals surface area contributed by atoms with Crippen LogP contribution in [0.3, 0.4) is 0 Å². The van der Waals surface area contributed by atoms with Gasteiger partial charge in [0, 0.05) is 12.0 Å². The smallest absolute Gasteiger partial charge is 0.167 e. The first-order chi connectivity index (χ1) is 8.27. The fourth-order valence-corrected chi connectivity index (χ4v) is 2.99. The number of benzene rings is 1. The summed E-state index contributed by atoms with van der Waals surface area (Å²) >= 11 is 0. The Kier molecular flexibility index (Phi) is 2.50. The maximum absolute atomic E-state index is 12.1. The molecule has 1 fully saturated rings. The third-order valence-electron chi connectivity index (χ3n) is 3.89. The summed E-state index contributed by atoms with van der Waals surface area (Å²) in [5.41, 5.74) is 1.12. The molecule has 2 nitrogen and oxygen atoms in total. The summed E-state index contributed by atoms with van der Waals surface area (Å²) in [4.78, 5) is 12.1. The Hall–Kier alpha value is -1.57. The van der Waals surface area contributed by atoms with Crippen molar-refractivity contribution in [1.82, 2.24) is 0 Å². The minimum atomic E-state index is -0.0264. The van der Waals surface area contributed by atoms with Gasteiger partial charge in [0.2, 0.25) is 0 Å². The molecule has 0 amide bonds. The Bertz CT molecular complexity index is 461. The quantitative estimate of drug-likeness (QED) is 0.738. The van der Waals surface area contributed by atoms with Gasteiger partial charge in [-0.05, 0) is 17.9 Å². The molecule has 3 rings (SSSR count). The SMILES string of the molecule is C[C@@H]1CCOC2=CC(=O)[C@@H](c3ccccc3)[C@H]21. The van der Waals surface area contributed by atoms with Crippen LogP contribution in [0, 0.1) is 11.8 Å². The van der Waals surface area contributed by atoms with Crippen LogP contribution in [0.2, 0.25) is 0 Å². The molecule has 0 N–H and O–H groups in total. The van der Waals surface area contributed by atoms with Crippen LogP contribution in [0.25, 0.3) is 0 Å². The maximum atomic E-state index is 12.1. The molecule has 1 saturated heterocycles. The molecule has 1 aromatic rings. The molecule has 0 saturated carbocycles. The average molecular weight is 228 g/mol. The summed E-state index contributed by atoms with van der Waals surface area (Å²) in [6.07, 6.45) is 2.75. The lowest BCUT2D eigenvalue weighted by atomic mass is 9.77. The Morgan fingerprint density at radius 1 is 1.24 bits per heavy atom. The largest absolute Gasteiger partial charge is 0.497 e. The second kappa shape index (κ2) is 4.02. The summed E-state index contributed by atoms with van der Waals surface area (Å²) in [6, 6.07) is 10.1. The summed E-state index contributed by atoms with van der Waals surface area (Å²) in [6.45, 7) is 2.97. The number of fused-ring (bicyclic) bond motifs is 1. The monoisotopic (exact) mass is 228 g/mol. The molecule has 17 heavy (non-hydrogen) atoms. The fraction of sp³-hybridized carbons (Fsp3) is 0.400. The molecular formula is C15H16O2. The van der Waals surface area contributed by atoms with Crippen molar-refractivity contribution >= 4 is 5.78 Å². The summed E-state index contributed by atoms with van der Waals surface area (Å²) in [5.74, 6) is 1.85. The first-order valence-corrected chi connectivity index (χ1v) is 6.20. The first-order valence-electron chi connectivity index (χ1n) is 6.20. The highest BCUT2D eigenvalue weighted by atomic mass is 16.5. The topological polar surface area (TPSA) is 26.3 Å². The van der Waals surface area contributed by atoms with E-state index >= 15 is 0 Å². The van der Waals surface area contributed by atoms with Gasteiger partial charge in [0.15, 0.2) is 5.78 Å². The number of ether oxygens (including phenoxy) is 1. The normalized spacial score (nSPS) is 31.7. The van der Waals surface area contributed by atoms with E-state index < -0.39 is 0 Å². The van der Waals surface area contributed by atoms with Crippen molar-refractivity contribution in [2.75, 3.05) is 6.61 Å². The number of allylic oxidation sites excluding steroid dienone is 2. The van der Waals surface area contributed by atoms with Gasteiger partial charge < -0.3 is 4.74 Å². The van der Waals surface area contributed by atoms with Gasteiger partial charge in [-0.1, -0.05) is 37.3 Å². The molecule has 3 atom stereocenters. The molecule has 0 unspecified atom stereocenters. The molecule has 2 aliphatic rings. The zero-order valence-electron chi connectivity index (χ0n) is 9.93. The standard InChI is InChI=1S/C15H16O2/c1-10-7-8-17-13-9-12(16)15(14(10)13)11-5-3-2-4-6-11/h2-6,9-10,14-15H,7-8H2,1H3/t10-,14+,15-/m1/s1. The number of hydrogen-bond acceptors (Lipinski definition) is 2. The van der Waals surface area contributed by atoms with Crippen LogP contribution in [0.4, 0.5) is 0 Å². The van der Waals surface area contributed by atoms with E-state index in [2.05, 4.69) is 6.92 Å². The predicted molar refractivity (Wildman–Crippen MR) is 65.5 cm³/mol. The van der Waals surface area contributed by atoms with Gasteiger partial charge in [-0.15, -0.1) is 0 Å². The zero-order valence-corrected chi connectivity index (χ0v) is 9.93. The predicted octanol–water partition coefficient (Wildman–Crippen LogP) is 2.91. The molecule has 2 heteroatoms. The van der Waals surface area contributed by atoms with Gasteiger partial charge in [-0.25, -0.2) is 0 Å². The molecule has 0 aromatic heterocycles. The number of hydrogen-bond donors (Lipinski definition) is 0. The minimum absolute atomic E-state index is 0.0264. The van der Waals surface area contributed by atoms with E-state index in [0.29, 0.717) is 5.92 Å². The number of carbonyl (C=O) groups excluding carboxylic acids is 1. The molecule has 0 spiro atoms. The Morgan fingerprint density at radius 3 is 2.76 bits per heavy atom. The molecule has 1 aromatic carbocycles. The molecule has 0 bridgehead atoms.